The third kappa shape index (κ3) is 3.07. The molecule has 0 bridgehead atoms. The summed E-state index contributed by atoms with van der Waals surface area (Å²) in [6.07, 6.45) is 6.73. The van der Waals surface area contributed by atoms with Gasteiger partial charge in [-0.1, -0.05) is 18.2 Å². The molecular weight excluding hydrogens is 352 g/mol. The Hall–Kier alpha value is -3.41. The minimum absolute atomic E-state index is 0.000656. The summed E-state index contributed by atoms with van der Waals surface area (Å²) in [7, 11) is 0. The van der Waals surface area contributed by atoms with E-state index in [0.29, 0.717) is 0 Å². The van der Waals surface area contributed by atoms with E-state index in [0.717, 1.165) is 59.4 Å². The Morgan fingerprint density at radius 2 is 1.86 bits per heavy atom. The highest BCUT2D eigenvalue weighted by atomic mass is 16.3. The van der Waals surface area contributed by atoms with E-state index in [4.69, 9.17) is 4.42 Å². The van der Waals surface area contributed by atoms with Gasteiger partial charge in [0.15, 0.2) is 0 Å². The number of nitrogens with one attached hydrogen (secondary N) is 1. The second kappa shape index (κ2) is 6.96. The first-order chi connectivity index (χ1) is 13.8. The quantitative estimate of drug-likeness (QED) is 0.583. The zero-order valence-corrected chi connectivity index (χ0v) is 15.3. The molecule has 0 aliphatic carbocycles. The van der Waals surface area contributed by atoms with E-state index in [2.05, 4.69) is 20.2 Å². The molecule has 6 nitrogen and oxygen atoms in total. The molecule has 1 fully saturated rings. The van der Waals surface area contributed by atoms with Gasteiger partial charge >= 0.3 is 0 Å². The molecule has 0 spiro atoms. The third-order valence-corrected chi connectivity index (χ3v) is 5.39. The van der Waals surface area contributed by atoms with E-state index in [-0.39, 0.29) is 11.8 Å². The molecule has 1 saturated heterocycles. The fourth-order valence-corrected chi connectivity index (χ4v) is 3.87. The number of anilines is 2. The smallest absolute Gasteiger partial charge is 0.227 e. The van der Waals surface area contributed by atoms with Crippen molar-refractivity contribution in [1.82, 2.24) is 9.97 Å². The van der Waals surface area contributed by atoms with Crippen molar-refractivity contribution >= 4 is 39.4 Å². The number of hydrogen-bond acceptors (Lipinski definition) is 5. The van der Waals surface area contributed by atoms with Crippen LogP contribution in [0.15, 0.2) is 65.5 Å². The van der Waals surface area contributed by atoms with Crippen molar-refractivity contribution in [1.29, 1.82) is 0 Å². The molecule has 1 aliphatic heterocycles. The highest BCUT2D eigenvalue weighted by Gasteiger charge is 2.25. The van der Waals surface area contributed by atoms with Gasteiger partial charge in [0, 0.05) is 53.9 Å². The lowest BCUT2D eigenvalue weighted by Crippen LogP contribution is -2.38. The summed E-state index contributed by atoms with van der Waals surface area (Å²) in [5.74, 6) is 0.935. The molecule has 1 amide bonds. The summed E-state index contributed by atoms with van der Waals surface area (Å²) in [6, 6.07) is 13.8. The molecule has 5 rings (SSSR count). The van der Waals surface area contributed by atoms with Crippen LogP contribution in [0.4, 0.5) is 11.5 Å². The summed E-state index contributed by atoms with van der Waals surface area (Å²) < 4.78 is 5.91. The number of para-hydroxylation sites is 1. The van der Waals surface area contributed by atoms with Crippen LogP contribution < -0.4 is 10.2 Å². The number of carbonyl (C=O) groups excluding carboxylic acids is 1. The van der Waals surface area contributed by atoms with Crippen LogP contribution in [0.2, 0.25) is 0 Å². The largest absolute Gasteiger partial charge is 0.456 e. The summed E-state index contributed by atoms with van der Waals surface area (Å²) in [5, 5.41) is 5.21. The number of aromatic nitrogens is 2. The van der Waals surface area contributed by atoms with Crippen LogP contribution in [-0.4, -0.2) is 29.0 Å². The van der Waals surface area contributed by atoms with Crippen molar-refractivity contribution in [2.24, 2.45) is 5.92 Å². The minimum Gasteiger partial charge on any atom is -0.456 e. The Morgan fingerprint density at radius 3 is 2.68 bits per heavy atom. The number of benzene rings is 2. The molecule has 0 radical (unpaired) electrons. The Balaban J connectivity index is 1.27. The Morgan fingerprint density at radius 1 is 1.04 bits per heavy atom. The summed E-state index contributed by atoms with van der Waals surface area (Å²) >= 11 is 0. The molecule has 2 aromatic heterocycles. The topological polar surface area (TPSA) is 71.3 Å². The van der Waals surface area contributed by atoms with Crippen LogP contribution in [0.5, 0.6) is 0 Å². The van der Waals surface area contributed by atoms with Crippen LogP contribution in [0.25, 0.3) is 21.9 Å². The van der Waals surface area contributed by atoms with Crippen molar-refractivity contribution in [3.8, 4) is 0 Å². The van der Waals surface area contributed by atoms with Gasteiger partial charge in [-0.15, -0.1) is 0 Å². The number of nitrogens with zero attached hydrogens (tertiary/aromatic N) is 3. The Bertz CT molecular complexity index is 1130. The number of rotatable bonds is 3. The van der Waals surface area contributed by atoms with Crippen molar-refractivity contribution in [2.45, 2.75) is 12.8 Å². The van der Waals surface area contributed by atoms with Crippen LogP contribution in [0.1, 0.15) is 12.8 Å². The monoisotopic (exact) mass is 372 g/mol. The average molecular weight is 372 g/mol. The maximum atomic E-state index is 12.7. The highest BCUT2D eigenvalue weighted by Crippen LogP contribution is 2.31. The number of fused-ring (bicyclic) bond motifs is 3. The molecule has 1 aliphatic rings. The average Bonchev–Trinajstić information content (AvgIpc) is 3.12. The molecular formula is C22H20N4O2. The van der Waals surface area contributed by atoms with Crippen LogP contribution in [0.3, 0.4) is 0 Å². The summed E-state index contributed by atoms with van der Waals surface area (Å²) in [4.78, 5) is 23.4. The molecule has 0 saturated carbocycles. The number of amides is 1. The molecule has 140 valence electrons. The summed E-state index contributed by atoms with van der Waals surface area (Å²) in [6.45, 7) is 1.61. The first kappa shape index (κ1) is 16.7. The zero-order chi connectivity index (χ0) is 18.9. The van der Waals surface area contributed by atoms with Crippen molar-refractivity contribution in [3.05, 3.63) is 61.1 Å². The molecule has 0 atom stereocenters. The Kier molecular flexibility index (Phi) is 4.16. The lowest BCUT2D eigenvalue weighted by atomic mass is 9.96. The summed E-state index contributed by atoms with van der Waals surface area (Å²) in [5.41, 5.74) is 2.42. The number of piperidine rings is 1. The molecule has 4 aromatic rings. The van der Waals surface area contributed by atoms with Gasteiger partial charge in [0.05, 0.1) is 6.20 Å². The van der Waals surface area contributed by atoms with Gasteiger partial charge in [0.2, 0.25) is 5.91 Å². The van der Waals surface area contributed by atoms with Gasteiger partial charge in [-0.3, -0.25) is 9.78 Å². The molecule has 6 heteroatoms. The first-order valence-electron chi connectivity index (χ1n) is 9.51. The van der Waals surface area contributed by atoms with E-state index >= 15 is 0 Å². The van der Waals surface area contributed by atoms with E-state index < -0.39 is 0 Å². The predicted molar refractivity (Wildman–Crippen MR) is 109 cm³/mol. The van der Waals surface area contributed by atoms with Crippen LogP contribution in [-0.2, 0) is 4.79 Å². The van der Waals surface area contributed by atoms with Gasteiger partial charge in [-0.25, -0.2) is 4.98 Å². The van der Waals surface area contributed by atoms with E-state index in [1.165, 1.54) is 0 Å². The highest BCUT2D eigenvalue weighted by molar-refractivity contribution is 6.06. The number of hydrogen-bond donors (Lipinski definition) is 1. The minimum atomic E-state index is -0.000656. The fraction of sp³-hybridized carbons (Fsp3) is 0.227. The van der Waals surface area contributed by atoms with Gasteiger partial charge < -0.3 is 14.6 Å². The zero-order valence-electron chi connectivity index (χ0n) is 15.3. The SMILES string of the molecule is O=C(Nc1ccc2c(c1)oc1ccccc12)C1CCN(c2cnccn2)CC1. The van der Waals surface area contributed by atoms with Crippen molar-refractivity contribution in [3.63, 3.8) is 0 Å². The standard InChI is InChI=1S/C22H20N4O2/c27-22(15-7-11-26(12-8-15)21-14-23-9-10-24-21)25-16-5-6-18-17-3-1-2-4-19(17)28-20(18)13-16/h1-6,9-10,13-15H,7-8,11-12H2,(H,25,27). The van der Waals surface area contributed by atoms with Gasteiger partial charge in [-0.05, 0) is 31.0 Å². The molecule has 1 N–H and O–H groups in total. The van der Waals surface area contributed by atoms with Gasteiger partial charge in [0.1, 0.15) is 17.0 Å². The predicted octanol–water partition coefficient (Wildman–Crippen LogP) is 4.23. The number of furan rings is 1. The molecule has 3 heterocycles. The van der Waals surface area contributed by atoms with Crippen LogP contribution in [0, 0.1) is 5.92 Å². The van der Waals surface area contributed by atoms with E-state index in [1.54, 1.807) is 18.6 Å². The second-order valence-electron chi connectivity index (χ2n) is 7.12. The first-order valence-corrected chi connectivity index (χ1v) is 9.51. The van der Waals surface area contributed by atoms with Crippen molar-refractivity contribution < 1.29 is 9.21 Å². The van der Waals surface area contributed by atoms with Crippen LogP contribution >= 0.6 is 0 Å². The fourth-order valence-electron chi connectivity index (χ4n) is 3.87. The molecule has 2 aromatic carbocycles. The lowest BCUT2D eigenvalue weighted by Gasteiger charge is -2.31. The molecule has 28 heavy (non-hydrogen) atoms. The third-order valence-electron chi connectivity index (χ3n) is 5.39. The lowest BCUT2D eigenvalue weighted by molar-refractivity contribution is -0.120. The van der Waals surface area contributed by atoms with Gasteiger partial charge in [-0.2, -0.15) is 0 Å². The maximum absolute atomic E-state index is 12.7. The van der Waals surface area contributed by atoms with E-state index in [1.807, 2.05) is 42.5 Å². The second-order valence-corrected chi connectivity index (χ2v) is 7.12. The van der Waals surface area contributed by atoms with Crippen molar-refractivity contribution in [2.75, 3.05) is 23.3 Å². The van der Waals surface area contributed by atoms with E-state index in [9.17, 15) is 4.79 Å². The normalized spacial score (nSPS) is 15.2. The maximum Gasteiger partial charge on any atom is 0.227 e. The Labute approximate surface area is 162 Å². The van der Waals surface area contributed by atoms with Gasteiger partial charge in [0.25, 0.3) is 0 Å². The number of carbonyl (C=O) groups is 1. The molecule has 0 unspecified atom stereocenters.